The third-order valence-corrected chi connectivity index (χ3v) is 9.03. The molecule has 8 nitrogen and oxygen atoms in total. The van der Waals surface area contributed by atoms with Crippen molar-refractivity contribution in [3.63, 3.8) is 0 Å². The lowest BCUT2D eigenvalue weighted by Crippen LogP contribution is -2.50. The molecule has 11 heteroatoms. The summed E-state index contributed by atoms with van der Waals surface area (Å²) in [6, 6.07) is 13.6. The van der Waals surface area contributed by atoms with E-state index in [0.717, 1.165) is 21.4 Å². The molecule has 1 N–H and O–H groups in total. The van der Waals surface area contributed by atoms with Crippen LogP contribution in [0.4, 0.5) is 0 Å². The molecular weight excluding hydrogens is 541 g/mol. The first-order valence-electron chi connectivity index (χ1n) is 12.0. The average Bonchev–Trinajstić information content (AvgIpc) is 3.69. The van der Waals surface area contributed by atoms with Gasteiger partial charge in [-0.15, -0.1) is 22.7 Å². The maximum atomic E-state index is 14.0. The van der Waals surface area contributed by atoms with Crippen molar-refractivity contribution in [1.82, 2.24) is 19.6 Å². The normalized spacial score (nSPS) is 12.6. The van der Waals surface area contributed by atoms with Gasteiger partial charge in [0.1, 0.15) is 11.6 Å². The number of rotatable bonds is 11. The monoisotopic (exact) mass is 566 g/mol. The van der Waals surface area contributed by atoms with Gasteiger partial charge in [0, 0.05) is 40.9 Å². The Balaban J connectivity index is 1.42. The lowest BCUT2D eigenvalue weighted by atomic mass is 10.1. The number of nitrogens with one attached hydrogen (secondary N) is 1. The van der Waals surface area contributed by atoms with Crippen molar-refractivity contribution in [3.8, 4) is 0 Å². The average molecular weight is 567 g/mol. The van der Waals surface area contributed by atoms with Crippen LogP contribution in [0.5, 0.6) is 0 Å². The van der Waals surface area contributed by atoms with E-state index in [1.165, 1.54) is 41.1 Å². The van der Waals surface area contributed by atoms with E-state index >= 15 is 0 Å². The first-order chi connectivity index (χ1) is 18.4. The Bertz CT molecular complexity index is 1600. The highest BCUT2D eigenvalue weighted by molar-refractivity contribution is 7.89. The molecule has 0 radical (unpaired) electrons. The predicted molar refractivity (Wildman–Crippen MR) is 149 cm³/mol. The molecule has 0 saturated carbocycles. The van der Waals surface area contributed by atoms with Gasteiger partial charge >= 0.3 is 0 Å². The molecule has 1 amide bonds. The molecule has 0 bridgehead atoms. The first-order valence-corrected chi connectivity index (χ1v) is 15.3. The second kappa shape index (κ2) is 11.6. The largest absolute Gasteiger partial charge is 0.464 e. The van der Waals surface area contributed by atoms with Gasteiger partial charge in [-0.3, -0.25) is 9.78 Å². The van der Waals surface area contributed by atoms with Crippen LogP contribution in [0, 0.1) is 6.92 Å². The molecule has 1 atom stereocenters. The van der Waals surface area contributed by atoms with Crippen molar-refractivity contribution in [2.24, 2.45) is 0 Å². The Labute approximate surface area is 229 Å². The number of aryl methyl sites for hydroxylation is 1. The second-order valence-electron chi connectivity index (χ2n) is 8.94. The SMILES string of the molecule is Cc1ccc(CCN(Cc2cncs2)C(=O)[C@H](Cc2cscn2)NS(=O)(=O)c2ccc3ccoc3c2)cc1. The van der Waals surface area contributed by atoms with Crippen LogP contribution in [-0.2, 0) is 34.2 Å². The van der Waals surface area contributed by atoms with Crippen molar-refractivity contribution >= 4 is 49.6 Å². The van der Waals surface area contributed by atoms with E-state index in [4.69, 9.17) is 4.42 Å². The molecule has 0 unspecified atom stereocenters. The number of fused-ring (bicyclic) bond motifs is 1. The van der Waals surface area contributed by atoms with Gasteiger partial charge in [0.05, 0.1) is 34.4 Å². The minimum absolute atomic E-state index is 0.0321. The number of sulfonamides is 1. The smallest absolute Gasteiger partial charge is 0.241 e. The summed E-state index contributed by atoms with van der Waals surface area (Å²) >= 11 is 2.86. The van der Waals surface area contributed by atoms with E-state index in [9.17, 15) is 13.2 Å². The first kappa shape index (κ1) is 26.2. The summed E-state index contributed by atoms with van der Waals surface area (Å²) in [5.74, 6) is -0.318. The van der Waals surface area contributed by atoms with E-state index in [-0.39, 0.29) is 17.2 Å². The molecular formula is C27H26N4O4S3. The van der Waals surface area contributed by atoms with Gasteiger partial charge in [-0.1, -0.05) is 29.8 Å². The zero-order valence-corrected chi connectivity index (χ0v) is 23.1. The number of hydrogen-bond acceptors (Lipinski definition) is 8. The van der Waals surface area contributed by atoms with Crippen LogP contribution >= 0.6 is 22.7 Å². The highest BCUT2D eigenvalue weighted by Crippen LogP contribution is 2.21. The van der Waals surface area contributed by atoms with Gasteiger partial charge in [-0.25, -0.2) is 13.4 Å². The summed E-state index contributed by atoms with van der Waals surface area (Å²) < 4.78 is 34.9. The van der Waals surface area contributed by atoms with Gasteiger partial charge in [0.2, 0.25) is 15.9 Å². The standard InChI is InChI=1S/C27H26N4O4S3/c1-19-2-4-20(5-3-19)8-10-31(15-23-14-28-17-37-23)27(32)25(12-22-16-36-18-29-22)30-38(33,34)24-7-6-21-9-11-35-26(21)13-24/h2-7,9,11,13-14,16-18,25,30H,8,10,12,15H2,1H3/t25-/m0/s1. The fraction of sp³-hybridized carbons (Fsp3) is 0.222. The molecule has 3 aromatic heterocycles. The molecule has 0 saturated heterocycles. The molecule has 0 spiro atoms. The van der Waals surface area contributed by atoms with E-state index in [1.807, 2.05) is 36.6 Å². The van der Waals surface area contributed by atoms with Crippen LogP contribution in [0.25, 0.3) is 11.0 Å². The van der Waals surface area contributed by atoms with E-state index in [2.05, 4.69) is 14.7 Å². The lowest BCUT2D eigenvalue weighted by molar-refractivity contribution is -0.133. The second-order valence-corrected chi connectivity index (χ2v) is 12.3. The molecule has 2 aromatic carbocycles. The summed E-state index contributed by atoms with van der Waals surface area (Å²) in [5.41, 5.74) is 6.76. The topological polar surface area (TPSA) is 105 Å². The van der Waals surface area contributed by atoms with E-state index in [0.29, 0.717) is 30.8 Å². The summed E-state index contributed by atoms with van der Waals surface area (Å²) in [6.07, 6.45) is 4.01. The number of furan rings is 1. The Morgan fingerprint density at radius 2 is 1.97 bits per heavy atom. The number of carbonyl (C=O) groups excluding carboxylic acids is 1. The fourth-order valence-corrected chi connectivity index (χ4v) is 6.48. The van der Waals surface area contributed by atoms with Crippen molar-refractivity contribution in [3.05, 3.63) is 99.1 Å². The molecule has 5 aromatic rings. The summed E-state index contributed by atoms with van der Waals surface area (Å²) in [4.78, 5) is 25.1. The molecule has 38 heavy (non-hydrogen) atoms. The van der Waals surface area contributed by atoms with Crippen molar-refractivity contribution in [1.29, 1.82) is 0 Å². The highest BCUT2D eigenvalue weighted by Gasteiger charge is 2.31. The van der Waals surface area contributed by atoms with Crippen LogP contribution in [0.1, 0.15) is 21.7 Å². The molecule has 3 heterocycles. The quantitative estimate of drug-likeness (QED) is 0.246. The Kier molecular flexibility index (Phi) is 7.98. The summed E-state index contributed by atoms with van der Waals surface area (Å²) in [7, 11) is -4.04. The third kappa shape index (κ3) is 6.36. The number of hydrogen-bond donors (Lipinski definition) is 1. The van der Waals surface area contributed by atoms with Crippen LogP contribution in [0.15, 0.2) is 86.7 Å². The van der Waals surface area contributed by atoms with Crippen LogP contribution in [0.2, 0.25) is 0 Å². The minimum atomic E-state index is -4.04. The number of nitrogens with zero attached hydrogens (tertiary/aromatic N) is 3. The maximum absolute atomic E-state index is 14.0. The molecule has 0 aliphatic carbocycles. The Morgan fingerprint density at radius 1 is 1.13 bits per heavy atom. The van der Waals surface area contributed by atoms with Crippen LogP contribution in [-0.4, -0.2) is 41.8 Å². The van der Waals surface area contributed by atoms with E-state index < -0.39 is 16.1 Å². The third-order valence-electron chi connectivity index (χ3n) is 6.16. The number of benzene rings is 2. The van der Waals surface area contributed by atoms with Crippen LogP contribution in [0.3, 0.4) is 0 Å². The summed E-state index contributed by atoms with van der Waals surface area (Å²) in [5, 5.41) is 2.62. The summed E-state index contributed by atoms with van der Waals surface area (Å²) in [6.45, 7) is 2.79. The molecule has 5 rings (SSSR count). The molecule has 0 aliphatic heterocycles. The van der Waals surface area contributed by atoms with Crippen molar-refractivity contribution in [2.75, 3.05) is 6.54 Å². The molecule has 0 aliphatic rings. The number of carbonyl (C=O) groups is 1. The lowest BCUT2D eigenvalue weighted by Gasteiger charge is -2.27. The van der Waals surface area contributed by atoms with Crippen molar-refractivity contribution in [2.45, 2.75) is 37.2 Å². The van der Waals surface area contributed by atoms with Gasteiger partial charge in [-0.05, 0) is 37.1 Å². The Morgan fingerprint density at radius 3 is 2.71 bits per heavy atom. The van der Waals surface area contributed by atoms with E-state index in [1.54, 1.807) is 34.3 Å². The molecule has 0 fully saturated rings. The van der Waals surface area contributed by atoms with Crippen LogP contribution < -0.4 is 4.72 Å². The predicted octanol–water partition coefficient (Wildman–Crippen LogP) is 4.82. The fourth-order valence-electron chi connectivity index (χ4n) is 4.10. The molecule has 196 valence electrons. The Hall–Kier alpha value is -3.38. The number of amides is 1. The number of aromatic nitrogens is 2. The van der Waals surface area contributed by atoms with Crippen molar-refractivity contribution < 1.29 is 17.6 Å². The maximum Gasteiger partial charge on any atom is 0.241 e. The zero-order valence-electron chi connectivity index (χ0n) is 20.6. The zero-order chi connectivity index (χ0) is 26.5. The highest BCUT2D eigenvalue weighted by atomic mass is 32.2. The van der Waals surface area contributed by atoms with Gasteiger partial charge in [-0.2, -0.15) is 4.72 Å². The van der Waals surface area contributed by atoms with Gasteiger partial charge in [0.25, 0.3) is 0 Å². The van der Waals surface area contributed by atoms with Gasteiger partial charge in [0.15, 0.2) is 0 Å². The van der Waals surface area contributed by atoms with Gasteiger partial charge < -0.3 is 9.32 Å². The number of thiazole rings is 2. The minimum Gasteiger partial charge on any atom is -0.464 e.